The highest BCUT2D eigenvalue weighted by molar-refractivity contribution is 5.89. The number of hydrogen-bond acceptors (Lipinski definition) is 9. The normalized spacial score (nSPS) is 12.2. The topological polar surface area (TPSA) is 145 Å². The first-order valence-electron chi connectivity index (χ1n) is 13.1. The monoisotopic (exact) mass is 546 g/mol. The zero-order valence-corrected chi connectivity index (χ0v) is 23.3. The molecule has 2 aromatic carbocycles. The Kier molecular flexibility index (Phi) is 8.73. The molecule has 0 spiro atoms. The number of nitrogens with one attached hydrogen (secondary N) is 1. The molecule has 0 amide bonds. The van der Waals surface area contributed by atoms with Crippen LogP contribution in [0.1, 0.15) is 74.7 Å². The van der Waals surface area contributed by atoms with Crippen LogP contribution in [0.5, 0.6) is 0 Å². The summed E-state index contributed by atoms with van der Waals surface area (Å²) in [5.41, 5.74) is 3.36. The van der Waals surface area contributed by atoms with Crippen molar-refractivity contribution >= 4 is 11.9 Å². The second-order valence-electron chi connectivity index (χ2n) is 10.5. The average molecular weight is 547 g/mol. The smallest absolute Gasteiger partial charge is 0.359 e. The predicted octanol–water partition coefficient (Wildman–Crippen LogP) is 4.49. The molecule has 4 rings (SSSR count). The molecular weight excluding hydrogens is 512 g/mol. The third-order valence-electron chi connectivity index (χ3n) is 6.26. The lowest BCUT2D eigenvalue weighted by molar-refractivity contribution is -0.161. The third-order valence-corrected chi connectivity index (χ3v) is 6.26. The van der Waals surface area contributed by atoms with Gasteiger partial charge in [-0.3, -0.25) is 4.79 Å². The van der Waals surface area contributed by atoms with Gasteiger partial charge in [-0.2, -0.15) is 0 Å². The molecule has 0 radical (unpaired) electrons. The van der Waals surface area contributed by atoms with Crippen LogP contribution in [0.3, 0.4) is 0 Å². The number of aliphatic hydroxyl groups is 1. The summed E-state index contributed by atoms with van der Waals surface area (Å²) in [4.78, 5) is 29.9. The lowest BCUT2D eigenvalue weighted by Gasteiger charge is -2.17. The number of carbonyl (C=O) groups is 2. The van der Waals surface area contributed by atoms with Crippen molar-refractivity contribution in [2.45, 2.75) is 60.1 Å². The van der Waals surface area contributed by atoms with Gasteiger partial charge in [0.2, 0.25) is 6.79 Å². The SMILES string of the molecule is CCCc1nc(C(C)O)c(C(=O)OCOC(=O)C(C)(C)C)n1Cc1ccc(-c2ccccc2-c2nnn[nH]2)cc1. The molecule has 0 fully saturated rings. The summed E-state index contributed by atoms with van der Waals surface area (Å²) in [6, 6.07) is 15.8. The van der Waals surface area contributed by atoms with Crippen molar-refractivity contribution in [3.05, 3.63) is 71.3 Å². The fourth-order valence-corrected chi connectivity index (χ4v) is 4.22. The van der Waals surface area contributed by atoms with Gasteiger partial charge in [-0.15, -0.1) is 5.10 Å². The summed E-state index contributed by atoms with van der Waals surface area (Å²) in [6.45, 7) is 8.50. The third kappa shape index (κ3) is 6.42. The first-order valence-corrected chi connectivity index (χ1v) is 13.1. The Labute approximate surface area is 232 Å². The lowest BCUT2D eigenvalue weighted by atomic mass is 9.98. The van der Waals surface area contributed by atoms with Crippen LogP contribution in [0.2, 0.25) is 0 Å². The van der Waals surface area contributed by atoms with E-state index in [4.69, 9.17) is 9.47 Å². The van der Waals surface area contributed by atoms with Crippen molar-refractivity contribution < 1.29 is 24.2 Å². The number of nitrogens with zero attached hydrogens (tertiary/aromatic N) is 5. The molecule has 11 heteroatoms. The summed E-state index contributed by atoms with van der Waals surface area (Å²) in [6.07, 6.45) is 0.393. The van der Waals surface area contributed by atoms with Crippen molar-refractivity contribution in [1.82, 2.24) is 30.2 Å². The molecule has 0 saturated heterocycles. The zero-order valence-electron chi connectivity index (χ0n) is 23.3. The summed E-state index contributed by atoms with van der Waals surface area (Å²) < 4.78 is 12.2. The van der Waals surface area contributed by atoms with Gasteiger partial charge < -0.3 is 19.1 Å². The van der Waals surface area contributed by atoms with Crippen LogP contribution in [-0.2, 0) is 27.2 Å². The van der Waals surface area contributed by atoms with E-state index in [9.17, 15) is 14.7 Å². The number of hydrogen-bond donors (Lipinski definition) is 2. The molecule has 2 N–H and O–H groups in total. The van der Waals surface area contributed by atoms with Gasteiger partial charge in [-0.05, 0) is 61.2 Å². The van der Waals surface area contributed by atoms with E-state index < -0.39 is 30.3 Å². The van der Waals surface area contributed by atoms with Gasteiger partial charge in [0.15, 0.2) is 11.5 Å². The standard InChI is InChI=1S/C29H34N6O5/c1-6-9-23-30-24(18(2)36)25(27(37)39-17-40-28(38)29(3,4)5)35(23)16-19-12-14-20(15-13-19)21-10-7-8-11-22(21)26-31-33-34-32-26/h7-8,10-15,18,36H,6,9,16-17H2,1-5H3,(H,31,32,33,34). The molecule has 1 atom stereocenters. The molecule has 210 valence electrons. The first-order chi connectivity index (χ1) is 19.1. The van der Waals surface area contributed by atoms with E-state index >= 15 is 0 Å². The van der Waals surface area contributed by atoms with Crippen LogP contribution < -0.4 is 0 Å². The summed E-state index contributed by atoms with van der Waals surface area (Å²) in [5.74, 6) is 0.0182. The number of aryl methyl sites for hydroxylation is 1. The molecule has 0 aliphatic rings. The molecule has 0 bridgehead atoms. The minimum Gasteiger partial charge on any atom is -0.427 e. The Morgan fingerprint density at radius 2 is 1.75 bits per heavy atom. The maximum Gasteiger partial charge on any atom is 0.359 e. The largest absolute Gasteiger partial charge is 0.427 e. The predicted molar refractivity (Wildman–Crippen MR) is 147 cm³/mol. The Balaban J connectivity index is 1.62. The van der Waals surface area contributed by atoms with Crippen molar-refractivity contribution in [3.63, 3.8) is 0 Å². The second-order valence-corrected chi connectivity index (χ2v) is 10.5. The highest BCUT2D eigenvalue weighted by atomic mass is 16.7. The van der Waals surface area contributed by atoms with E-state index in [0.29, 0.717) is 24.6 Å². The quantitative estimate of drug-likeness (QED) is 0.217. The van der Waals surface area contributed by atoms with Crippen LogP contribution >= 0.6 is 0 Å². The fourth-order valence-electron chi connectivity index (χ4n) is 4.22. The number of tetrazole rings is 1. The van der Waals surface area contributed by atoms with Crippen LogP contribution in [-0.4, -0.2) is 54.0 Å². The van der Waals surface area contributed by atoms with Crippen LogP contribution in [0.25, 0.3) is 22.5 Å². The van der Waals surface area contributed by atoms with Crippen molar-refractivity contribution in [2.24, 2.45) is 5.41 Å². The van der Waals surface area contributed by atoms with E-state index in [1.165, 1.54) is 0 Å². The van der Waals surface area contributed by atoms with E-state index in [1.807, 2.05) is 55.5 Å². The number of aromatic amines is 1. The van der Waals surface area contributed by atoms with Crippen LogP contribution in [0, 0.1) is 5.41 Å². The summed E-state index contributed by atoms with van der Waals surface area (Å²) in [5, 5.41) is 24.6. The molecule has 2 aromatic heterocycles. The number of imidazole rings is 1. The van der Waals surface area contributed by atoms with Crippen molar-refractivity contribution in [3.8, 4) is 22.5 Å². The number of esters is 2. The molecule has 0 aliphatic heterocycles. The minimum atomic E-state index is -0.999. The van der Waals surface area contributed by atoms with Crippen LogP contribution in [0.4, 0.5) is 0 Å². The molecule has 1 unspecified atom stereocenters. The lowest BCUT2D eigenvalue weighted by Crippen LogP contribution is -2.25. The highest BCUT2D eigenvalue weighted by Gasteiger charge is 2.28. The number of aliphatic hydroxyl groups excluding tert-OH is 1. The Morgan fingerprint density at radius 3 is 2.35 bits per heavy atom. The number of aromatic nitrogens is 6. The molecule has 40 heavy (non-hydrogen) atoms. The van der Waals surface area contributed by atoms with Gasteiger partial charge >= 0.3 is 11.9 Å². The second kappa shape index (κ2) is 12.2. The van der Waals surface area contributed by atoms with Crippen molar-refractivity contribution in [2.75, 3.05) is 6.79 Å². The summed E-state index contributed by atoms with van der Waals surface area (Å²) in [7, 11) is 0. The molecule has 11 nitrogen and oxygen atoms in total. The van der Waals surface area contributed by atoms with E-state index in [0.717, 1.165) is 28.7 Å². The van der Waals surface area contributed by atoms with E-state index in [1.54, 1.807) is 32.3 Å². The fraction of sp³-hybridized carbons (Fsp3) is 0.379. The zero-order chi connectivity index (χ0) is 28.9. The first kappa shape index (κ1) is 28.6. The maximum atomic E-state index is 13.2. The van der Waals surface area contributed by atoms with E-state index in [-0.39, 0.29) is 11.4 Å². The molecule has 0 saturated carbocycles. The van der Waals surface area contributed by atoms with Gasteiger partial charge in [0, 0.05) is 18.5 Å². The van der Waals surface area contributed by atoms with Crippen molar-refractivity contribution in [1.29, 1.82) is 0 Å². The minimum absolute atomic E-state index is 0.137. The number of H-pyrrole nitrogens is 1. The van der Waals surface area contributed by atoms with Gasteiger partial charge in [0.25, 0.3) is 0 Å². The number of benzene rings is 2. The molecule has 4 aromatic rings. The molecule has 0 aliphatic carbocycles. The van der Waals surface area contributed by atoms with Gasteiger partial charge in [0.1, 0.15) is 11.5 Å². The number of ether oxygens (including phenoxy) is 2. The van der Waals surface area contributed by atoms with Gasteiger partial charge in [-0.25, -0.2) is 14.9 Å². The molecule has 2 heterocycles. The van der Waals surface area contributed by atoms with Gasteiger partial charge in [-0.1, -0.05) is 55.5 Å². The van der Waals surface area contributed by atoms with Gasteiger partial charge in [0.05, 0.1) is 11.5 Å². The number of carbonyl (C=O) groups excluding carboxylic acids is 2. The summed E-state index contributed by atoms with van der Waals surface area (Å²) >= 11 is 0. The van der Waals surface area contributed by atoms with E-state index in [2.05, 4.69) is 25.6 Å². The maximum absolute atomic E-state index is 13.2. The Bertz CT molecular complexity index is 1450. The number of rotatable bonds is 10. The Hall–Kier alpha value is -4.38. The molecular formula is C29H34N6O5. The van der Waals surface area contributed by atoms with Crippen LogP contribution in [0.15, 0.2) is 48.5 Å². The highest BCUT2D eigenvalue weighted by Crippen LogP contribution is 2.30. The Morgan fingerprint density at radius 1 is 1.05 bits per heavy atom. The average Bonchev–Trinajstić information content (AvgIpc) is 3.58.